The molecule has 3 heterocycles. The highest BCUT2D eigenvalue weighted by atomic mass is 32.1. The van der Waals surface area contributed by atoms with E-state index in [1.165, 1.54) is 0 Å². The molecule has 140 valence electrons. The molecule has 1 amide bonds. The number of ether oxygens (including phenoxy) is 1. The minimum atomic E-state index is 0.110. The summed E-state index contributed by atoms with van der Waals surface area (Å²) in [5, 5.41) is 3.73. The zero-order valence-electron chi connectivity index (χ0n) is 15.4. The van der Waals surface area contributed by atoms with Gasteiger partial charge in [-0.2, -0.15) is 0 Å². The monoisotopic (exact) mass is 382 g/mol. The highest BCUT2D eigenvalue weighted by Crippen LogP contribution is 2.32. The van der Waals surface area contributed by atoms with Crippen LogP contribution in [0.1, 0.15) is 12.8 Å². The molecule has 4 rings (SSSR count). The van der Waals surface area contributed by atoms with Crippen LogP contribution in [-0.2, 0) is 4.79 Å². The Hall–Kier alpha value is -2.67. The van der Waals surface area contributed by atoms with Crippen LogP contribution in [-0.4, -0.2) is 43.1 Å². The summed E-state index contributed by atoms with van der Waals surface area (Å²) in [4.78, 5) is 24.6. The van der Waals surface area contributed by atoms with Crippen molar-refractivity contribution in [3.05, 3.63) is 36.4 Å². The molecule has 0 saturated carbocycles. The Morgan fingerprint density at radius 1 is 1.22 bits per heavy atom. The number of piperidine rings is 1. The topological polar surface area (TPSA) is 67.4 Å². The van der Waals surface area contributed by atoms with Gasteiger partial charge in [0.25, 0.3) is 0 Å². The molecule has 1 fully saturated rings. The SMILES string of the molecule is CNC(=O)C1CCN(c2nc3ccc(-c4cccc(OC)c4)nc3s2)CC1. The maximum Gasteiger partial charge on any atom is 0.222 e. The quantitative estimate of drug-likeness (QED) is 0.750. The Balaban J connectivity index is 1.55. The minimum Gasteiger partial charge on any atom is -0.497 e. The number of methoxy groups -OCH3 is 1. The second-order valence-electron chi connectivity index (χ2n) is 6.62. The van der Waals surface area contributed by atoms with E-state index in [2.05, 4.69) is 10.2 Å². The fourth-order valence-electron chi connectivity index (χ4n) is 3.42. The molecule has 0 spiro atoms. The summed E-state index contributed by atoms with van der Waals surface area (Å²) < 4.78 is 5.31. The van der Waals surface area contributed by atoms with Crippen LogP contribution < -0.4 is 15.0 Å². The van der Waals surface area contributed by atoms with Gasteiger partial charge in [-0.05, 0) is 37.1 Å². The van der Waals surface area contributed by atoms with Gasteiger partial charge in [-0.25, -0.2) is 9.97 Å². The molecular formula is C20H22N4O2S. The van der Waals surface area contributed by atoms with Gasteiger partial charge in [-0.1, -0.05) is 23.5 Å². The first-order valence-corrected chi connectivity index (χ1v) is 9.88. The largest absolute Gasteiger partial charge is 0.497 e. The molecule has 0 atom stereocenters. The van der Waals surface area contributed by atoms with Gasteiger partial charge in [0.15, 0.2) is 5.13 Å². The normalized spacial score (nSPS) is 15.1. The number of rotatable bonds is 4. The van der Waals surface area contributed by atoms with Crippen LogP contribution in [0.15, 0.2) is 36.4 Å². The fourth-order valence-corrected chi connectivity index (χ4v) is 4.41. The number of nitrogens with one attached hydrogen (secondary N) is 1. The maximum atomic E-state index is 11.8. The number of hydrogen-bond donors (Lipinski definition) is 1. The van der Waals surface area contributed by atoms with Gasteiger partial charge in [0.1, 0.15) is 16.1 Å². The Bertz CT molecular complexity index is 964. The number of carbonyl (C=O) groups excluding carboxylic acids is 1. The van der Waals surface area contributed by atoms with Crippen LogP contribution in [0, 0.1) is 5.92 Å². The van der Waals surface area contributed by atoms with Crippen molar-refractivity contribution in [3.8, 4) is 17.0 Å². The van der Waals surface area contributed by atoms with E-state index in [0.29, 0.717) is 0 Å². The number of nitrogens with zero attached hydrogens (tertiary/aromatic N) is 3. The van der Waals surface area contributed by atoms with Gasteiger partial charge >= 0.3 is 0 Å². The van der Waals surface area contributed by atoms with E-state index >= 15 is 0 Å². The standard InChI is InChI=1S/C20H22N4O2S/c1-21-18(25)13-8-10-24(11-9-13)20-23-17-7-6-16(22-19(17)27-20)14-4-3-5-15(12-14)26-2/h3-7,12-13H,8-11H2,1-2H3,(H,21,25). The van der Waals surface area contributed by atoms with Crippen molar-refractivity contribution in [2.75, 3.05) is 32.1 Å². The van der Waals surface area contributed by atoms with Crippen molar-refractivity contribution in [3.63, 3.8) is 0 Å². The summed E-state index contributed by atoms with van der Waals surface area (Å²) in [6.45, 7) is 1.70. The average Bonchev–Trinajstić information content (AvgIpc) is 3.16. The molecule has 3 aromatic rings. The number of fused-ring (bicyclic) bond motifs is 1. The first-order valence-electron chi connectivity index (χ1n) is 9.06. The lowest BCUT2D eigenvalue weighted by molar-refractivity contribution is -0.125. The highest BCUT2D eigenvalue weighted by molar-refractivity contribution is 7.21. The summed E-state index contributed by atoms with van der Waals surface area (Å²) in [5.74, 6) is 1.07. The van der Waals surface area contributed by atoms with E-state index in [0.717, 1.165) is 58.4 Å². The van der Waals surface area contributed by atoms with Crippen molar-refractivity contribution < 1.29 is 9.53 Å². The Kier molecular flexibility index (Phi) is 4.94. The smallest absolute Gasteiger partial charge is 0.222 e. The predicted octanol–water partition coefficient (Wildman–Crippen LogP) is 3.33. The molecule has 0 aliphatic carbocycles. The van der Waals surface area contributed by atoms with E-state index in [4.69, 9.17) is 14.7 Å². The second-order valence-corrected chi connectivity index (χ2v) is 7.58. The minimum absolute atomic E-state index is 0.110. The van der Waals surface area contributed by atoms with Crippen molar-refractivity contribution in [1.82, 2.24) is 15.3 Å². The molecule has 6 nitrogen and oxygen atoms in total. The van der Waals surface area contributed by atoms with Crippen molar-refractivity contribution >= 4 is 32.7 Å². The molecule has 1 aromatic carbocycles. The number of carbonyl (C=O) groups is 1. The fraction of sp³-hybridized carbons (Fsp3) is 0.350. The van der Waals surface area contributed by atoms with Crippen molar-refractivity contribution in [2.45, 2.75) is 12.8 Å². The van der Waals surface area contributed by atoms with Crippen LogP contribution in [0.2, 0.25) is 0 Å². The van der Waals surface area contributed by atoms with Crippen molar-refractivity contribution in [2.24, 2.45) is 5.92 Å². The average molecular weight is 382 g/mol. The van der Waals surface area contributed by atoms with Gasteiger partial charge < -0.3 is 15.0 Å². The summed E-state index contributed by atoms with van der Waals surface area (Å²) in [7, 11) is 3.37. The van der Waals surface area contributed by atoms with E-state index in [1.807, 2.05) is 36.4 Å². The van der Waals surface area contributed by atoms with Gasteiger partial charge in [0.2, 0.25) is 5.91 Å². The molecular weight excluding hydrogens is 360 g/mol. The Morgan fingerprint density at radius 2 is 2.04 bits per heavy atom. The van der Waals surface area contributed by atoms with Gasteiger partial charge in [-0.3, -0.25) is 4.79 Å². The summed E-state index contributed by atoms with van der Waals surface area (Å²) >= 11 is 1.61. The number of amides is 1. The molecule has 0 bridgehead atoms. The Morgan fingerprint density at radius 3 is 2.78 bits per heavy atom. The number of thiazole rings is 1. The molecule has 1 N–H and O–H groups in total. The third-order valence-corrected chi connectivity index (χ3v) is 6.02. The number of anilines is 1. The predicted molar refractivity (Wildman–Crippen MR) is 108 cm³/mol. The van der Waals surface area contributed by atoms with E-state index in [1.54, 1.807) is 25.5 Å². The first-order chi connectivity index (χ1) is 13.2. The lowest BCUT2D eigenvalue weighted by Crippen LogP contribution is -2.39. The molecule has 7 heteroatoms. The molecule has 1 saturated heterocycles. The van der Waals surface area contributed by atoms with Crippen LogP contribution >= 0.6 is 11.3 Å². The lowest BCUT2D eigenvalue weighted by atomic mass is 9.96. The van der Waals surface area contributed by atoms with Gasteiger partial charge in [-0.15, -0.1) is 0 Å². The Labute approximate surface area is 162 Å². The molecule has 2 aromatic heterocycles. The number of pyridine rings is 1. The van der Waals surface area contributed by atoms with Gasteiger partial charge in [0.05, 0.1) is 12.8 Å². The van der Waals surface area contributed by atoms with Crippen LogP contribution in [0.5, 0.6) is 5.75 Å². The van der Waals surface area contributed by atoms with E-state index in [9.17, 15) is 4.79 Å². The molecule has 0 unspecified atom stereocenters. The van der Waals surface area contributed by atoms with Crippen molar-refractivity contribution in [1.29, 1.82) is 0 Å². The second kappa shape index (κ2) is 7.52. The third-order valence-electron chi connectivity index (χ3n) is 4.99. The maximum absolute atomic E-state index is 11.8. The van der Waals surface area contributed by atoms with E-state index in [-0.39, 0.29) is 11.8 Å². The van der Waals surface area contributed by atoms with Crippen LogP contribution in [0.4, 0.5) is 5.13 Å². The number of benzene rings is 1. The van der Waals surface area contributed by atoms with E-state index < -0.39 is 0 Å². The number of aromatic nitrogens is 2. The molecule has 0 radical (unpaired) electrons. The number of hydrogen-bond acceptors (Lipinski definition) is 6. The lowest BCUT2D eigenvalue weighted by Gasteiger charge is -2.30. The van der Waals surface area contributed by atoms with Gasteiger partial charge in [0, 0.05) is 31.6 Å². The molecule has 1 aliphatic heterocycles. The third kappa shape index (κ3) is 3.60. The highest BCUT2D eigenvalue weighted by Gasteiger charge is 2.25. The zero-order chi connectivity index (χ0) is 18.8. The van der Waals surface area contributed by atoms with Crippen LogP contribution in [0.25, 0.3) is 21.6 Å². The zero-order valence-corrected chi connectivity index (χ0v) is 16.3. The summed E-state index contributed by atoms with van der Waals surface area (Å²) in [6.07, 6.45) is 1.72. The molecule has 27 heavy (non-hydrogen) atoms. The summed E-state index contributed by atoms with van der Waals surface area (Å²) in [6, 6.07) is 11.9. The summed E-state index contributed by atoms with van der Waals surface area (Å²) in [5.41, 5.74) is 2.85. The first kappa shape index (κ1) is 17.7. The van der Waals surface area contributed by atoms with Crippen LogP contribution in [0.3, 0.4) is 0 Å². The molecule has 1 aliphatic rings.